The SMILES string of the molecule is COC(=O)c1cc(C)nc(C=NOCc2c(OC)cccc2OC)c1. The monoisotopic (exact) mass is 344 g/mol. The van der Waals surface area contributed by atoms with Gasteiger partial charge in [-0.05, 0) is 31.2 Å². The molecule has 0 aliphatic heterocycles. The predicted octanol–water partition coefficient (Wildman–Crippen LogP) is 2.74. The summed E-state index contributed by atoms with van der Waals surface area (Å²) in [6.45, 7) is 1.95. The lowest BCUT2D eigenvalue weighted by atomic mass is 10.2. The molecule has 0 unspecified atom stereocenters. The van der Waals surface area contributed by atoms with Crippen molar-refractivity contribution in [3.8, 4) is 11.5 Å². The highest BCUT2D eigenvalue weighted by molar-refractivity contribution is 5.91. The predicted molar refractivity (Wildman–Crippen MR) is 92.2 cm³/mol. The molecular formula is C18H20N2O5. The van der Waals surface area contributed by atoms with E-state index in [1.807, 2.05) is 18.2 Å². The molecule has 25 heavy (non-hydrogen) atoms. The molecule has 0 fully saturated rings. The first-order valence-corrected chi connectivity index (χ1v) is 7.51. The van der Waals surface area contributed by atoms with Gasteiger partial charge in [0.2, 0.25) is 0 Å². The van der Waals surface area contributed by atoms with E-state index in [9.17, 15) is 4.79 Å². The van der Waals surface area contributed by atoms with Crippen LogP contribution in [0.5, 0.6) is 11.5 Å². The molecule has 1 heterocycles. The van der Waals surface area contributed by atoms with Crippen molar-refractivity contribution in [2.24, 2.45) is 5.16 Å². The van der Waals surface area contributed by atoms with E-state index in [1.54, 1.807) is 33.3 Å². The summed E-state index contributed by atoms with van der Waals surface area (Å²) in [6.07, 6.45) is 1.43. The van der Waals surface area contributed by atoms with Gasteiger partial charge in [0, 0.05) is 5.69 Å². The number of oxime groups is 1. The van der Waals surface area contributed by atoms with Gasteiger partial charge in [-0.3, -0.25) is 4.98 Å². The van der Waals surface area contributed by atoms with Crippen LogP contribution < -0.4 is 9.47 Å². The summed E-state index contributed by atoms with van der Waals surface area (Å²) in [5, 5.41) is 3.90. The van der Waals surface area contributed by atoms with Crippen molar-refractivity contribution in [2.45, 2.75) is 13.5 Å². The van der Waals surface area contributed by atoms with Crippen molar-refractivity contribution < 1.29 is 23.8 Å². The van der Waals surface area contributed by atoms with Crippen LogP contribution in [0.2, 0.25) is 0 Å². The zero-order valence-corrected chi connectivity index (χ0v) is 14.6. The van der Waals surface area contributed by atoms with Crippen LogP contribution in [0, 0.1) is 6.92 Å². The molecule has 7 heteroatoms. The van der Waals surface area contributed by atoms with Crippen molar-refractivity contribution in [1.29, 1.82) is 0 Å². The summed E-state index contributed by atoms with van der Waals surface area (Å²) in [4.78, 5) is 21.2. The molecule has 0 spiro atoms. The third-order valence-electron chi connectivity index (χ3n) is 3.39. The standard InChI is InChI=1S/C18H20N2O5/c1-12-8-13(18(21)24-4)9-14(20-12)10-19-25-11-15-16(22-2)6-5-7-17(15)23-3/h5-10H,11H2,1-4H3. The lowest BCUT2D eigenvalue weighted by Gasteiger charge is -2.11. The average molecular weight is 344 g/mol. The third kappa shape index (κ3) is 4.69. The van der Waals surface area contributed by atoms with E-state index in [0.717, 1.165) is 5.56 Å². The Balaban J connectivity index is 2.10. The highest BCUT2D eigenvalue weighted by atomic mass is 16.6. The molecule has 0 radical (unpaired) electrons. The van der Waals surface area contributed by atoms with Gasteiger partial charge in [-0.1, -0.05) is 11.2 Å². The molecule has 2 aromatic rings. The maximum Gasteiger partial charge on any atom is 0.337 e. The van der Waals surface area contributed by atoms with Gasteiger partial charge in [-0.25, -0.2) is 4.79 Å². The van der Waals surface area contributed by atoms with E-state index in [4.69, 9.17) is 19.0 Å². The number of hydrogen-bond acceptors (Lipinski definition) is 7. The Morgan fingerprint density at radius 1 is 1.16 bits per heavy atom. The topological polar surface area (TPSA) is 79.2 Å². The first kappa shape index (κ1) is 18.3. The fourth-order valence-electron chi connectivity index (χ4n) is 2.26. The van der Waals surface area contributed by atoms with E-state index in [2.05, 4.69) is 10.1 Å². The molecule has 0 amide bonds. The molecule has 7 nitrogen and oxygen atoms in total. The van der Waals surface area contributed by atoms with Crippen LogP contribution >= 0.6 is 0 Å². The first-order chi connectivity index (χ1) is 12.1. The molecule has 0 N–H and O–H groups in total. The molecular weight excluding hydrogens is 324 g/mol. The van der Waals surface area contributed by atoms with Crippen LogP contribution in [0.4, 0.5) is 0 Å². The summed E-state index contributed by atoms with van der Waals surface area (Å²) in [5.74, 6) is 0.868. The van der Waals surface area contributed by atoms with E-state index < -0.39 is 5.97 Å². The largest absolute Gasteiger partial charge is 0.496 e. The number of esters is 1. The summed E-state index contributed by atoms with van der Waals surface area (Å²) < 4.78 is 15.3. The lowest BCUT2D eigenvalue weighted by molar-refractivity contribution is 0.0600. The molecule has 2 rings (SSSR count). The number of nitrogens with zero attached hydrogens (tertiary/aromatic N) is 2. The summed E-state index contributed by atoms with van der Waals surface area (Å²) >= 11 is 0. The number of carbonyl (C=O) groups excluding carboxylic acids is 1. The highest BCUT2D eigenvalue weighted by Gasteiger charge is 2.10. The number of aromatic nitrogens is 1. The second-order valence-electron chi connectivity index (χ2n) is 5.06. The minimum Gasteiger partial charge on any atom is -0.496 e. The minimum atomic E-state index is -0.431. The van der Waals surface area contributed by atoms with Crippen molar-refractivity contribution in [1.82, 2.24) is 4.98 Å². The average Bonchev–Trinajstić information content (AvgIpc) is 2.63. The summed E-state index contributed by atoms with van der Waals surface area (Å²) in [7, 11) is 4.48. The van der Waals surface area contributed by atoms with E-state index in [1.165, 1.54) is 13.3 Å². The van der Waals surface area contributed by atoms with Gasteiger partial charge in [0.05, 0.1) is 44.4 Å². The van der Waals surface area contributed by atoms with Crippen LogP contribution in [0.25, 0.3) is 0 Å². The molecule has 132 valence electrons. The zero-order chi connectivity index (χ0) is 18.2. The summed E-state index contributed by atoms with van der Waals surface area (Å²) in [5.41, 5.74) is 2.32. The van der Waals surface area contributed by atoms with Gasteiger partial charge in [-0.15, -0.1) is 0 Å². The van der Waals surface area contributed by atoms with Crippen LogP contribution in [-0.2, 0) is 16.2 Å². The van der Waals surface area contributed by atoms with Crippen molar-refractivity contribution in [2.75, 3.05) is 21.3 Å². The molecule has 0 saturated heterocycles. The fraction of sp³-hybridized carbons (Fsp3) is 0.278. The van der Waals surface area contributed by atoms with Gasteiger partial charge in [0.25, 0.3) is 0 Å². The normalized spacial score (nSPS) is 10.6. The van der Waals surface area contributed by atoms with Crippen LogP contribution in [0.3, 0.4) is 0 Å². The summed E-state index contributed by atoms with van der Waals surface area (Å²) in [6, 6.07) is 8.68. The number of methoxy groups -OCH3 is 3. The first-order valence-electron chi connectivity index (χ1n) is 7.51. The van der Waals surface area contributed by atoms with Gasteiger partial charge < -0.3 is 19.0 Å². The molecule has 0 aliphatic rings. The number of benzene rings is 1. The van der Waals surface area contributed by atoms with Crippen molar-refractivity contribution in [3.63, 3.8) is 0 Å². The van der Waals surface area contributed by atoms with Crippen molar-refractivity contribution >= 4 is 12.2 Å². The Labute approximate surface area is 146 Å². The van der Waals surface area contributed by atoms with Gasteiger partial charge in [-0.2, -0.15) is 0 Å². The van der Waals surface area contributed by atoms with Crippen LogP contribution in [0.1, 0.15) is 27.3 Å². The van der Waals surface area contributed by atoms with Gasteiger partial charge in [0.1, 0.15) is 18.1 Å². The zero-order valence-electron chi connectivity index (χ0n) is 14.6. The Morgan fingerprint density at radius 3 is 2.44 bits per heavy atom. The number of pyridine rings is 1. The smallest absolute Gasteiger partial charge is 0.337 e. The number of aryl methyl sites for hydroxylation is 1. The highest BCUT2D eigenvalue weighted by Crippen LogP contribution is 2.28. The van der Waals surface area contributed by atoms with Gasteiger partial charge in [0.15, 0.2) is 0 Å². The maximum atomic E-state index is 11.6. The molecule has 0 aliphatic carbocycles. The molecule has 1 aromatic carbocycles. The fourth-order valence-corrected chi connectivity index (χ4v) is 2.26. The Kier molecular flexibility index (Phi) is 6.33. The minimum absolute atomic E-state index is 0.166. The second-order valence-corrected chi connectivity index (χ2v) is 5.06. The molecule has 1 aromatic heterocycles. The van der Waals surface area contributed by atoms with E-state index in [0.29, 0.717) is 28.5 Å². The number of rotatable bonds is 7. The van der Waals surface area contributed by atoms with E-state index in [-0.39, 0.29) is 6.61 Å². The van der Waals surface area contributed by atoms with E-state index >= 15 is 0 Å². The number of hydrogen-bond donors (Lipinski definition) is 0. The molecule has 0 bridgehead atoms. The molecule has 0 atom stereocenters. The Hall–Kier alpha value is -3.09. The molecule has 0 saturated carbocycles. The second kappa shape index (κ2) is 8.68. The Bertz CT molecular complexity index is 752. The lowest BCUT2D eigenvalue weighted by Crippen LogP contribution is -2.04. The van der Waals surface area contributed by atoms with Crippen LogP contribution in [0.15, 0.2) is 35.5 Å². The van der Waals surface area contributed by atoms with Crippen LogP contribution in [-0.4, -0.2) is 38.5 Å². The van der Waals surface area contributed by atoms with Crippen molar-refractivity contribution in [3.05, 3.63) is 52.8 Å². The number of carbonyl (C=O) groups is 1. The number of ether oxygens (including phenoxy) is 3. The Morgan fingerprint density at radius 2 is 1.84 bits per heavy atom. The third-order valence-corrected chi connectivity index (χ3v) is 3.39. The maximum absolute atomic E-state index is 11.6. The quantitative estimate of drug-likeness (QED) is 0.436. The van der Waals surface area contributed by atoms with Gasteiger partial charge >= 0.3 is 5.97 Å².